The van der Waals surface area contributed by atoms with Crippen LogP contribution in [-0.2, 0) is 0 Å². The summed E-state index contributed by atoms with van der Waals surface area (Å²) >= 11 is 5.94. The van der Waals surface area contributed by atoms with E-state index in [0.717, 1.165) is 6.08 Å². The van der Waals surface area contributed by atoms with Gasteiger partial charge in [0.25, 0.3) is 0 Å². The number of rotatable bonds is 1. The number of hydrogen-bond acceptors (Lipinski definition) is 1. The second-order valence-electron chi connectivity index (χ2n) is 4.51. The number of ether oxygens (including phenoxy) is 1. The minimum absolute atomic E-state index is 0.0397. The molecule has 0 spiro atoms. The van der Waals surface area contributed by atoms with Gasteiger partial charge in [-0.1, -0.05) is 31.5 Å². The molecule has 1 aliphatic rings. The third-order valence-electron chi connectivity index (χ3n) is 2.75. The smallest absolute Gasteiger partial charge is 0.429 e. The molecule has 18 heavy (non-hydrogen) atoms. The first-order chi connectivity index (χ1) is 8.29. The lowest BCUT2D eigenvalue weighted by Gasteiger charge is -2.26. The topological polar surface area (TPSA) is 9.23 Å². The summed E-state index contributed by atoms with van der Waals surface area (Å²) in [7, 11) is 0. The molecule has 1 nitrogen and oxygen atoms in total. The molecule has 1 atom stereocenters. The fourth-order valence-electron chi connectivity index (χ4n) is 1.86. The number of benzene rings is 1. The van der Waals surface area contributed by atoms with Gasteiger partial charge in [0.15, 0.2) is 0 Å². The van der Waals surface area contributed by atoms with E-state index in [1.165, 1.54) is 6.08 Å². The van der Waals surface area contributed by atoms with Crippen molar-refractivity contribution in [2.24, 2.45) is 0 Å². The predicted octanol–water partition coefficient (Wildman–Crippen LogP) is 4.80. The van der Waals surface area contributed by atoms with Crippen LogP contribution in [0.1, 0.15) is 30.9 Å². The van der Waals surface area contributed by atoms with Crippen LogP contribution in [0.5, 0.6) is 5.75 Å². The van der Waals surface area contributed by atoms with Gasteiger partial charge in [0.2, 0.25) is 6.10 Å². The zero-order chi connectivity index (χ0) is 13.5. The Labute approximate surface area is 108 Å². The standard InChI is InChI=1S/C13H12ClF3O/c1-7(2)10-6-9(14)5-8-3-4-11(13(15,16)17)18-12(8)10/h3-7,11H,1-2H3. The van der Waals surface area contributed by atoms with Crippen molar-refractivity contribution in [3.63, 3.8) is 0 Å². The molecule has 5 heteroatoms. The van der Waals surface area contributed by atoms with E-state index in [2.05, 4.69) is 0 Å². The molecule has 1 aliphatic heterocycles. The Morgan fingerprint density at radius 2 is 1.94 bits per heavy atom. The fraction of sp³-hybridized carbons (Fsp3) is 0.385. The van der Waals surface area contributed by atoms with E-state index in [1.807, 2.05) is 13.8 Å². The van der Waals surface area contributed by atoms with Gasteiger partial charge in [0.05, 0.1) is 0 Å². The first-order valence-corrected chi connectivity index (χ1v) is 5.92. The first-order valence-electron chi connectivity index (χ1n) is 5.54. The molecule has 2 rings (SSSR count). The van der Waals surface area contributed by atoms with Crippen LogP contribution in [0.2, 0.25) is 5.02 Å². The zero-order valence-corrected chi connectivity index (χ0v) is 10.6. The highest BCUT2D eigenvalue weighted by Gasteiger charge is 2.42. The van der Waals surface area contributed by atoms with Gasteiger partial charge in [0.1, 0.15) is 5.75 Å². The Morgan fingerprint density at radius 3 is 2.50 bits per heavy atom. The number of halogens is 4. The summed E-state index contributed by atoms with van der Waals surface area (Å²) in [6.45, 7) is 3.77. The van der Waals surface area contributed by atoms with Gasteiger partial charge < -0.3 is 4.74 Å². The molecule has 1 unspecified atom stereocenters. The Hall–Kier alpha value is -1.16. The summed E-state index contributed by atoms with van der Waals surface area (Å²) in [6.07, 6.45) is -3.87. The minimum Gasteiger partial charge on any atom is -0.476 e. The van der Waals surface area contributed by atoms with Crippen LogP contribution >= 0.6 is 11.6 Å². The lowest BCUT2D eigenvalue weighted by molar-refractivity contribution is -0.180. The van der Waals surface area contributed by atoms with Crippen LogP contribution in [0.15, 0.2) is 18.2 Å². The van der Waals surface area contributed by atoms with Crippen molar-refractivity contribution in [2.75, 3.05) is 0 Å². The Morgan fingerprint density at radius 1 is 1.28 bits per heavy atom. The van der Waals surface area contributed by atoms with Gasteiger partial charge in [-0.3, -0.25) is 0 Å². The molecule has 1 heterocycles. The van der Waals surface area contributed by atoms with Crippen molar-refractivity contribution in [1.29, 1.82) is 0 Å². The third kappa shape index (κ3) is 2.48. The molecule has 0 N–H and O–H groups in total. The van der Waals surface area contributed by atoms with Gasteiger partial charge in [-0.15, -0.1) is 0 Å². The Kier molecular flexibility index (Phi) is 3.32. The molecule has 0 aliphatic carbocycles. The van der Waals surface area contributed by atoms with Crippen molar-refractivity contribution in [3.05, 3.63) is 34.4 Å². The van der Waals surface area contributed by atoms with Crippen LogP contribution in [0.3, 0.4) is 0 Å². The largest absolute Gasteiger partial charge is 0.476 e. The van der Waals surface area contributed by atoms with Gasteiger partial charge in [-0.2, -0.15) is 13.2 Å². The quantitative estimate of drug-likeness (QED) is 0.716. The average Bonchev–Trinajstić information content (AvgIpc) is 2.25. The monoisotopic (exact) mass is 276 g/mol. The van der Waals surface area contributed by atoms with Crippen molar-refractivity contribution < 1.29 is 17.9 Å². The highest BCUT2D eigenvalue weighted by molar-refractivity contribution is 6.30. The molecule has 0 amide bonds. The van der Waals surface area contributed by atoms with E-state index < -0.39 is 12.3 Å². The highest BCUT2D eigenvalue weighted by Crippen LogP contribution is 2.39. The summed E-state index contributed by atoms with van der Waals surface area (Å²) in [4.78, 5) is 0. The lowest BCUT2D eigenvalue weighted by Crippen LogP contribution is -2.34. The molecule has 0 radical (unpaired) electrons. The molecule has 0 bridgehead atoms. The van der Waals surface area contributed by atoms with Gasteiger partial charge >= 0.3 is 6.18 Å². The van der Waals surface area contributed by atoms with Crippen LogP contribution < -0.4 is 4.74 Å². The summed E-state index contributed by atoms with van der Waals surface area (Å²) in [5, 5.41) is 0.496. The maximum Gasteiger partial charge on any atom is 0.429 e. The summed E-state index contributed by atoms with van der Waals surface area (Å²) in [5.41, 5.74) is 1.28. The van der Waals surface area contributed by atoms with Crippen molar-refractivity contribution >= 4 is 17.7 Å². The summed E-state index contributed by atoms with van der Waals surface area (Å²) in [6, 6.07) is 3.25. The van der Waals surface area contributed by atoms with Crippen molar-refractivity contribution in [1.82, 2.24) is 0 Å². The molecule has 0 aromatic heterocycles. The number of alkyl halides is 3. The molecular formula is C13H12ClF3O. The fourth-order valence-corrected chi connectivity index (χ4v) is 2.09. The molecule has 1 aromatic rings. The van der Waals surface area contributed by atoms with Crippen LogP contribution in [0.25, 0.3) is 6.08 Å². The maximum atomic E-state index is 12.6. The average molecular weight is 277 g/mol. The Balaban J connectivity index is 2.48. The van der Waals surface area contributed by atoms with Gasteiger partial charge in [-0.05, 0) is 29.7 Å². The van der Waals surface area contributed by atoms with E-state index in [-0.39, 0.29) is 11.7 Å². The van der Waals surface area contributed by atoms with Crippen LogP contribution in [-0.4, -0.2) is 12.3 Å². The zero-order valence-electron chi connectivity index (χ0n) is 9.88. The predicted molar refractivity (Wildman–Crippen MR) is 65.0 cm³/mol. The second kappa shape index (κ2) is 4.50. The highest BCUT2D eigenvalue weighted by atomic mass is 35.5. The minimum atomic E-state index is -4.40. The molecule has 1 aromatic carbocycles. The molecule has 0 fully saturated rings. The molecule has 0 saturated heterocycles. The van der Waals surface area contributed by atoms with E-state index in [1.54, 1.807) is 12.1 Å². The summed E-state index contributed by atoms with van der Waals surface area (Å²) in [5.74, 6) is 0.317. The SMILES string of the molecule is CC(C)c1cc(Cl)cc2c1OC(C(F)(F)F)C=C2. The molecule has 0 saturated carbocycles. The van der Waals surface area contributed by atoms with Crippen LogP contribution in [0, 0.1) is 0 Å². The third-order valence-corrected chi connectivity index (χ3v) is 2.97. The van der Waals surface area contributed by atoms with E-state index in [4.69, 9.17) is 16.3 Å². The number of fused-ring (bicyclic) bond motifs is 1. The van der Waals surface area contributed by atoms with Crippen molar-refractivity contribution in [2.45, 2.75) is 32.0 Å². The van der Waals surface area contributed by atoms with Gasteiger partial charge in [0, 0.05) is 10.6 Å². The molecule has 98 valence electrons. The summed E-state index contributed by atoms with van der Waals surface area (Å²) < 4.78 is 43.0. The normalized spacial score (nSPS) is 18.7. The van der Waals surface area contributed by atoms with Gasteiger partial charge in [-0.25, -0.2) is 0 Å². The van der Waals surface area contributed by atoms with E-state index in [0.29, 0.717) is 16.1 Å². The molecular weight excluding hydrogens is 265 g/mol. The van der Waals surface area contributed by atoms with Crippen LogP contribution in [0.4, 0.5) is 13.2 Å². The van der Waals surface area contributed by atoms with E-state index in [9.17, 15) is 13.2 Å². The first kappa shape index (κ1) is 13.3. The maximum absolute atomic E-state index is 12.6. The van der Waals surface area contributed by atoms with E-state index >= 15 is 0 Å². The second-order valence-corrected chi connectivity index (χ2v) is 4.94. The van der Waals surface area contributed by atoms with Crippen molar-refractivity contribution in [3.8, 4) is 5.75 Å². The Bertz CT molecular complexity index is 492. The number of hydrogen-bond donors (Lipinski definition) is 0. The lowest BCUT2D eigenvalue weighted by atomic mass is 9.97.